The molecule has 1 fully saturated rings. The number of halogens is 2. The Balaban J connectivity index is 2.12. The second-order valence-corrected chi connectivity index (χ2v) is 5.88. The van der Waals surface area contributed by atoms with Crippen molar-refractivity contribution < 1.29 is 4.39 Å². The van der Waals surface area contributed by atoms with Crippen molar-refractivity contribution in [2.75, 3.05) is 0 Å². The van der Waals surface area contributed by atoms with Gasteiger partial charge in [-0.25, -0.2) is 4.39 Å². The monoisotopic (exact) mass is 269 g/mol. The van der Waals surface area contributed by atoms with Gasteiger partial charge in [0.05, 0.1) is 0 Å². The van der Waals surface area contributed by atoms with Crippen LogP contribution in [-0.2, 0) is 6.42 Å². The lowest BCUT2D eigenvalue weighted by Gasteiger charge is -2.34. The molecule has 100 valence electrons. The maximum atomic E-state index is 13.0. The Morgan fingerprint density at radius 3 is 2.61 bits per heavy atom. The first-order valence-corrected chi connectivity index (χ1v) is 7.15. The summed E-state index contributed by atoms with van der Waals surface area (Å²) in [7, 11) is 0. The predicted molar refractivity (Wildman–Crippen MR) is 74.3 cm³/mol. The van der Waals surface area contributed by atoms with Crippen molar-refractivity contribution in [1.29, 1.82) is 0 Å². The van der Waals surface area contributed by atoms with E-state index in [-0.39, 0.29) is 17.3 Å². The van der Waals surface area contributed by atoms with Crippen LogP contribution in [0, 0.1) is 11.2 Å². The molecule has 0 heterocycles. The molecule has 3 heteroatoms. The van der Waals surface area contributed by atoms with Gasteiger partial charge in [0.15, 0.2) is 0 Å². The molecule has 2 N–H and O–H groups in total. The van der Waals surface area contributed by atoms with Gasteiger partial charge in [-0.2, -0.15) is 0 Å². The fourth-order valence-corrected chi connectivity index (χ4v) is 3.45. The van der Waals surface area contributed by atoms with E-state index < -0.39 is 0 Å². The summed E-state index contributed by atoms with van der Waals surface area (Å²) in [5.41, 5.74) is 7.64. The van der Waals surface area contributed by atoms with Crippen LogP contribution in [0.15, 0.2) is 18.2 Å². The molecule has 0 aliphatic heterocycles. The fraction of sp³-hybridized carbons (Fsp3) is 0.600. The summed E-state index contributed by atoms with van der Waals surface area (Å²) >= 11 is 6.07. The van der Waals surface area contributed by atoms with Crippen molar-refractivity contribution in [3.8, 4) is 0 Å². The second kappa shape index (κ2) is 5.58. The fourth-order valence-electron chi connectivity index (χ4n) is 3.21. The molecule has 0 radical (unpaired) electrons. The molecule has 1 aliphatic carbocycles. The molecule has 0 amide bonds. The zero-order chi connectivity index (χ0) is 13.2. The van der Waals surface area contributed by atoms with E-state index >= 15 is 0 Å². The molecule has 0 bridgehead atoms. The third-order valence-electron chi connectivity index (χ3n) is 4.54. The van der Waals surface area contributed by atoms with Crippen LogP contribution in [0.25, 0.3) is 0 Å². The van der Waals surface area contributed by atoms with Crippen LogP contribution >= 0.6 is 11.6 Å². The van der Waals surface area contributed by atoms with Crippen LogP contribution in [0.2, 0.25) is 5.02 Å². The van der Waals surface area contributed by atoms with Crippen LogP contribution in [0.4, 0.5) is 4.39 Å². The average molecular weight is 270 g/mol. The topological polar surface area (TPSA) is 26.0 Å². The summed E-state index contributed by atoms with van der Waals surface area (Å²) in [5.74, 6) is -0.289. The van der Waals surface area contributed by atoms with Crippen molar-refractivity contribution in [2.24, 2.45) is 11.1 Å². The van der Waals surface area contributed by atoms with E-state index in [0.29, 0.717) is 5.02 Å². The van der Waals surface area contributed by atoms with Gasteiger partial charge in [-0.1, -0.05) is 37.4 Å². The molecular formula is C15H21ClFN. The lowest BCUT2D eigenvalue weighted by Crippen LogP contribution is -2.41. The van der Waals surface area contributed by atoms with E-state index in [9.17, 15) is 4.39 Å². The summed E-state index contributed by atoms with van der Waals surface area (Å²) in [6.07, 6.45) is 6.84. The molecule has 1 saturated carbocycles. The maximum Gasteiger partial charge on any atom is 0.124 e. The van der Waals surface area contributed by atoms with Gasteiger partial charge in [-0.05, 0) is 48.8 Å². The van der Waals surface area contributed by atoms with E-state index in [1.165, 1.54) is 37.8 Å². The molecule has 1 nitrogen and oxygen atoms in total. The SMILES string of the molecule is CCC1(C(N)Cc2ccc(F)cc2Cl)CCCC1. The molecule has 0 spiro atoms. The van der Waals surface area contributed by atoms with Crippen molar-refractivity contribution in [1.82, 2.24) is 0 Å². The largest absolute Gasteiger partial charge is 0.327 e. The van der Waals surface area contributed by atoms with Crippen molar-refractivity contribution in [2.45, 2.75) is 51.5 Å². The molecule has 1 atom stereocenters. The number of benzene rings is 1. The standard InChI is InChI=1S/C15H21ClFN/c1-2-15(7-3-4-8-15)14(18)9-11-5-6-12(17)10-13(11)16/h5-6,10,14H,2-4,7-9,18H2,1H3. The summed E-state index contributed by atoms with van der Waals surface area (Å²) < 4.78 is 13.0. The maximum absolute atomic E-state index is 13.0. The highest BCUT2D eigenvalue weighted by molar-refractivity contribution is 6.31. The Kier molecular flexibility index (Phi) is 4.29. The lowest BCUT2D eigenvalue weighted by molar-refractivity contribution is 0.219. The normalized spacial score (nSPS) is 20.0. The Morgan fingerprint density at radius 2 is 2.06 bits per heavy atom. The van der Waals surface area contributed by atoms with Gasteiger partial charge in [0, 0.05) is 11.1 Å². The van der Waals surface area contributed by atoms with E-state index in [0.717, 1.165) is 18.4 Å². The number of nitrogens with two attached hydrogens (primary N) is 1. The Hall–Kier alpha value is -0.600. The van der Waals surface area contributed by atoms with Crippen molar-refractivity contribution >= 4 is 11.6 Å². The summed E-state index contributed by atoms with van der Waals surface area (Å²) in [5, 5.41) is 0.495. The van der Waals surface area contributed by atoms with E-state index in [1.54, 1.807) is 6.07 Å². The van der Waals surface area contributed by atoms with Crippen LogP contribution in [0.3, 0.4) is 0 Å². The Labute approximate surface area is 114 Å². The minimum Gasteiger partial charge on any atom is -0.327 e. The minimum absolute atomic E-state index is 0.118. The van der Waals surface area contributed by atoms with Crippen LogP contribution in [0.1, 0.15) is 44.6 Å². The molecule has 1 aliphatic rings. The van der Waals surface area contributed by atoms with Gasteiger partial charge in [-0.3, -0.25) is 0 Å². The quantitative estimate of drug-likeness (QED) is 0.866. The molecule has 0 saturated heterocycles. The van der Waals surface area contributed by atoms with Crippen molar-refractivity contribution in [3.63, 3.8) is 0 Å². The van der Waals surface area contributed by atoms with Crippen LogP contribution in [-0.4, -0.2) is 6.04 Å². The highest BCUT2D eigenvalue weighted by atomic mass is 35.5. The van der Waals surface area contributed by atoms with Crippen LogP contribution < -0.4 is 5.73 Å². The Morgan fingerprint density at radius 1 is 1.39 bits per heavy atom. The summed E-state index contributed by atoms with van der Waals surface area (Å²) in [4.78, 5) is 0. The van der Waals surface area contributed by atoms with Crippen LogP contribution in [0.5, 0.6) is 0 Å². The smallest absolute Gasteiger partial charge is 0.124 e. The average Bonchev–Trinajstić information content (AvgIpc) is 2.82. The van der Waals surface area contributed by atoms with Gasteiger partial charge < -0.3 is 5.73 Å². The van der Waals surface area contributed by atoms with Crippen molar-refractivity contribution in [3.05, 3.63) is 34.6 Å². The third kappa shape index (κ3) is 2.70. The molecule has 1 aromatic rings. The van der Waals surface area contributed by atoms with Gasteiger partial charge >= 0.3 is 0 Å². The number of hydrogen-bond donors (Lipinski definition) is 1. The highest BCUT2D eigenvalue weighted by Crippen LogP contribution is 2.44. The summed E-state index contributed by atoms with van der Waals surface area (Å²) in [6, 6.07) is 4.71. The molecule has 2 rings (SSSR count). The minimum atomic E-state index is -0.289. The first-order valence-electron chi connectivity index (χ1n) is 6.77. The summed E-state index contributed by atoms with van der Waals surface area (Å²) in [6.45, 7) is 2.22. The zero-order valence-electron chi connectivity index (χ0n) is 10.9. The third-order valence-corrected chi connectivity index (χ3v) is 4.90. The molecule has 0 aromatic heterocycles. The number of hydrogen-bond acceptors (Lipinski definition) is 1. The van der Waals surface area contributed by atoms with Gasteiger partial charge in [-0.15, -0.1) is 0 Å². The van der Waals surface area contributed by atoms with Gasteiger partial charge in [0.1, 0.15) is 5.82 Å². The Bertz CT molecular complexity index is 413. The first kappa shape index (κ1) is 13.8. The van der Waals surface area contributed by atoms with E-state index in [2.05, 4.69) is 6.92 Å². The zero-order valence-corrected chi connectivity index (χ0v) is 11.6. The molecule has 1 aromatic carbocycles. The molecule has 1 unspecified atom stereocenters. The van der Waals surface area contributed by atoms with E-state index in [4.69, 9.17) is 17.3 Å². The predicted octanol–water partition coefficient (Wildman–Crippen LogP) is 4.32. The lowest BCUT2D eigenvalue weighted by atomic mass is 9.74. The van der Waals surface area contributed by atoms with E-state index in [1.807, 2.05) is 0 Å². The molecule has 18 heavy (non-hydrogen) atoms. The van der Waals surface area contributed by atoms with Gasteiger partial charge in [0.25, 0.3) is 0 Å². The first-order chi connectivity index (χ1) is 8.57. The number of rotatable bonds is 4. The highest BCUT2D eigenvalue weighted by Gasteiger charge is 2.37. The molecular weight excluding hydrogens is 249 g/mol. The second-order valence-electron chi connectivity index (χ2n) is 5.47. The van der Waals surface area contributed by atoms with Gasteiger partial charge in [0.2, 0.25) is 0 Å².